The highest BCUT2D eigenvalue weighted by Crippen LogP contribution is 2.21. The minimum Gasteiger partial charge on any atom is -0.497 e. The van der Waals surface area contributed by atoms with Crippen molar-refractivity contribution in [1.29, 1.82) is 0 Å². The van der Waals surface area contributed by atoms with E-state index in [1.165, 1.54) is 27.5 Å². The van der Waals surface area contributed by atoms with Gasteiger partial charge in [-0.25, -0.2) is 0 Å². The van der Waals surface area contributed by atoms with Gasteiger partial charge in [-0.1, -0.05) is 42.5 Å². The first-order valence-electron chi connectivity index (χ1n) is 9.13. The van der Waals surface area contributed by atoms with Crippen LogP contribution in [-0.2, 0) is 19.6 Å². The van der Waals surface area contributed by atoms with Crippen LogP contribution in [0.5, 0.6) is 5.75 Å². The molecule has 0 saturated carbocycles. The highest BCUT2D eigenvalue weighted by Gasteiger charge is 2.00. The number of aromatic nitrogens is 2. The monoisotopic (exact) mass is 393 g/mol. The quantitative estimate of drug-likeness (QED) is 0.490. The molecule has 0 aliphatic rings. The Kier molecular flexibility index (Phi) is 6.69. The SMILES string of the molecule is COc1ccc2cc(CNCc3ccc(Cn4cccn4)cc3)ccc2c1.Cl. The Morgan fingerprint density at radius 2 is 1.54 bits per heavy atom. The molecule has 0 spiro atoms. The van der Waals surface area contributed by atoms with Crippen LogP contribution in [0.1, 0.15) is 16.7 Å². The highest BCUT2D eigenvalue weighted by molar-refractivity contribution is 5.85. The van der Waals surface area contributed by atoms with E-state index in [0.29, 0.717) is 0 Å². The number of halogens is 1. The average Bonchev–Trinajstić information content (AvgIpc) is 3.22. The van der Waals surface area contributed by atoms with E-state index >= 15 is 0 Å². The first-order chi connectivity index (χ1) is 13.3. The molecule has 5 heteroatoms. The number of benzene rings is 3. The lowest BCUT2D eigenvalue weighted by Crippen LogP contribution is -2.12. The summed E-state index contributed by atoms with van der Waals surface area (Å²) >= 11 is 0. The third-order valence-electron chi connectivity index (χ3n) is 4.70. The first-order valence-corrected chi connectivity index (χ1v) is 9.13. The van der Waals surface area contributed by atoms with Crippen molar-refractivity contribution in [1.82, 2.24) is 15.1 Å². The molecular weight excluding hydrogens is 370 g/mol. The average molecular weight is 394 g/mol. The van der Waals surface area contributed by atoms with E-state index in [4.69, 9.17) is 4.74 Å². The van der Waals surface area contributed by atoms with E-state index in [1.807, 2.05) is 29.2 Å². The minimum absolute atomic E-state index is 0. The number of hydrogen-bond donors (Lipinski definition) is 1. The van der Waals surface area contributed by atoms with Crippen LogP contribution in [0.3, 0.4) is 0 Å². The van der Waals surface area contributed by atoms with Crippen molar-refractivity contribution in [3.63, 3.8) is 0 Å². The van der Waals surface area contributed by atoms with Gasteiger partial charge >= 0.3 is 0 Å². The van der Waals surface area contributed by atoms with Gasteiger partial charge in [-0.05, 0) is 51.7 Å². The van der Waals surface area contributed by atoms with E-state index in [-0.39, 0.29) is 12.4 Å². The lowest BCUT2D eigenvalue weighted by molar-refractivity contribution is 0.415. The Hall–Kier alpha value is -2.82. The fourth-order valence-corrected chi connectivity index (χ4v) is 3.20. The second-order valence-electron chi connectivity index (χ2n) is 6.67. The number of fused-ring (bicyclic) bond motifs is 1. The molecule has 144 valence electrons. The van der Waals surface area contributed by atoms with Crippen LogP contribution in [0.25, 0.3) is 10.8 Å². The zero-order chi connectivity index (χ0) is 18.5. The number of nitrogens with one attached hydrogen (secondary N) is 1. The largest absolute Gasteiger partial charge is 0.497 e. The zero-order valence-electron chi connectivity index (χ0n) is 15.8. The third-order valence-corrected chi connectivity index (χ3v) is 4.70. The van der Waals surface area contributed by atoms with Crippen molar-refractivity contribution in [3.8, 4) is 5.75 Å². The van der Waals surface area contributed by atoms with Gasteiger partial charge in [0.05, 0.1) is 13.7 Å². The standard InChI is InChI=1S/C23H23N3O.ClH/c1-27-23-10-9-21-13-20(7-8-22(21)14-23)16-24-15-18-3-5-19(6-4-18)17-26-12-2-11-25-26;/h2-14,24H,15-17H2,1H3;1H. The number of rotatable bonds is 7. The van der Waals surface area contributed by atoms with Gasteiger partial charge in [0.1, 0.15) is 5.75 Å². The van der Waals surface area contributed by atoms with Gasteiger partial charge in [0, 0.05) is 25.5 Å². The maximum absolute atomic E-state index is 5.29. The molecule has 0 aliphatic carbocycles. The summed E-state index contributed by atoms with van der Waals surface area (Å²) in [6, 6.07) is 23.4. The minimum atomic E-state index is 0. The van der Waals surface area contributed by atoms with Crippen LogP contribution in [0, 0.1) is 0 Å². The molecule has 0 aliphatic heterocycles. The smallest absolute Gasteiger partial charge is 0.119 e. The Balaban J connectivity index is 0.00000225. The molecule has 4 nitrogen and oxygen atoms in total. The molecule has 0 amide bonds. The van der Waals surface area contributed by atoms with Gasteiger partial charge in [-0.3, -0.25) is 4.68 Å². The lowest BCUT2D eigenvalue weighted by Gasteiger charge is -2.08. The Bertz CT molecular complexity index is 1010. The molecule has 0 atom stereocenters. The van der Waals surface area contributed by atoms with Crippen molar-refractivity contribution in [3.05, 3.63) is 95.8 Å². The van der Waals surface area contributed by atoms with Crippen molar-refractivity contribution < 1.29 is 4.74 Å². The van der Waals surface area contributed by atoms with E-state index in [1.54, 1.807) is 7.11 Å². The van der Waals surface area contributed by atoms with Crippen LogP contribution in [0.2, 0.25) is 0 Å². The normalized spacial score (nSPS) is 10.6. The summed E-state index contributed by atoms with van der Waals surface area (Å²) in [6.45, 7) is 2.50. The molecule has 0 saturated heterocycles. The molecule has 1 heterocycles. The Morgan fingerprint density at radius 1 is 0.857 bits per heavy atom. The van der Waals surface area contributed by atoms with E-state index in [9.17, 15) is 0 Å². The molecule has 1 N–H and O–H groups in total. The Labute approximate surface area is 171 Å². The van der Waals surface area contributed by atoms with Gasteiger partial charge in [0.2, 0.25) is 0 Å². The first kappa shape index (κ1) is 19.9. The van der Waals surface area contributed by atoms with Crippen LogP contribution >= 0.6 is 12.4 Å². The van der Waals surface area contributed by atoms with Gasteiger partial charge in [-0.15, -0.1) is 12.4 Å². The maximum Gasteiger partial charge on any atom is 0.119 e. The predicted molar refractivity (Wildman–Crippen MR) is 116 cm³/mol. The van der Waals surface area contributed by atoms with Crippen LogP contribution in [-0.4, -0.2) is 16.9 Å². The fourth-order valence-electron chi connectivity index (χ4n) is 3.20. The zero-order valence-corrected chi connectivity index (χ0v) is 16.7. The van der Waals surface area contributed by atoms with E-state index in [2.05, 4.69) is 65.0 Å². The highest BCUT2D eigenvalue weighted by atomic mass is 35.5. The van der Waals surface area contributed by atoms with Gasteiger partial charge in [-0.2, -0.15) is 5.10 Å². The number of methoxy groups -OCH3 is 1. The molecule has 1 aromatic heterocycles. The van der Waals surface area contributed by atoms with E-state index in [0.717, 1.165) is 25.4 Å². The van der Waals surface area contributed by atoms with Gasteiger partial charge in [0.15, 0.2) is 0 Å². The molecular formula is C23H24ClN3O. The number of ether oxygens (including phenoxy) is 1. The summed E-state index contributed by atoms with van der Waals surface area (Å²) in [6.07, 6.45) is 3.79. The topological polar surface area (TPSA) is 39.1 Å². The molecule has 0 radical (unpaired) electrons. The maximum atomic E-state index is 5.29. The van der Waals surface area contributed by atoms with Gasteiger partial charge in [0.25, 0.3) is 0 Å². The molecule has 0 bridgehead atoms. The Morgan fingerprint density at radius 3 is 2.29 bits per heavy atom. The van der Waals surface area contributed by atoms with Crippen molar-refractivity contribution in [2.24, 2.45) is 0 Å². The number of nitrogens with zero attached hydrogens (tertiary/aromatic N) is 2. The third kappa shape index (κ3) is 4.91. The molecule has 28 heavy (non-hydrogen) atoms. The second kappa shape index (κ2) is 9.40. The molecule has 4 rings (SSSR count). The molecule has 0 fully saturated rings. The second-order valence-corrected chi connectivity index (χ2v) is 6.67. The summed E-state index contributed by atoms with van der Waals surface area (Å²) in [4.78, 5) is 0. The summed E-state index contributed by atoms with van der Waals surface area (Å²) < 4.78 is 7.22. The fraction of sp³-hybridized carbons (Fsp3) is 0.174. The van der Waals surface area contributed by atoms with Crippen molar-refractivity contribution >= 4 is 23.2 Å². The van der Waals surface area contributed by atoms with Gasteiger partial charge < -0.3 is 10.1 Å². The molecule has 4 aromatic rings. The van der Waals surface area contributed by atoms with Crippen LogP contribution in [0.4, 0.5) is 0 Å². The number of hydrogen-bond acceptors (Lipinski definition) is 3. The summed E-state index contributed by atoms with van der Waals surface area (Å²) in [5, 5.41) is 10.2. The molecule has 0 unspecified atom stereocenters. The molecule has 3 aromatic carbocycles. The lowest BCUT2D eigenvalue weighted by atomic mass is 10.1. The predicted octanol–water partition coefficient (Wildman–Crippen LogP) is 4.80. The van der Waals surface area contributed by atoms with Crippen LogP contribution < -0.4 is 10.1 Å². The summed E-state index contributed by atoms with van der Waals surface area (Å²) in [7, 11) is 1.70. The van der Waals surface area contributed by atoms with Crippen molar-refractivity contribution in [2.45, 2.75) is 19.6 Å². The van der Waals surface area contributed by atoms with Crippen molar-refractivity contribution in [2.75, 3.05) is 7.11 Å². The van der Waals surface area contributed by atoms with Crippen LogP contribution in [0.15, 0.2) is 79.1 Å². The van der Waals surface area contributed by atoms with E-state index < -0.39 is 0 Å². The summed E-state index contributed by atoms with van der Waals surface area (Å²) in [5.74, 6) is 0.893. The summed E-state index contributed by atoms with van der Waals surface area (Å²) in [5.41, 5.74) is 3.82.